The van der Waals surface area contributed by atoms with Crippen LogP contribution in [-0.4, -0.2) is 11.1 Å². The summed E-state index contributed by atoms with van der Waals surface area (Å²) < 4.78 is 6.58. The van der Waals surface area contributed by atoms with Gasteiger partial charge in [0.1, 0.15) is 12.4 Å². The largest absolute Gasteiger partial charge is 0.489 e. The molecule has 108 valence electrons. The second-order valence-electron chi connectivity index (χ2n) is 4.27. The molecule has 0 aliphatic heterocycles. The van der Waals surface area contributed by atoms with Crippen molar-refractivity contribution in [1.29, 1.82) is 0 Å². The minimum atomic E-state index is -0.972. The standard InChI is InChI=1S/C16H12BrClO3/c17-13-5-4-12(15(18)9-13)10-21-14-6-1-11(2-7-14)3-8-16(19)20/h1-9H,10H2,(H,19,20)/b8-3+. The summed E-state index contributed by atoms with van der Waals surface area (Å²) in [4.78, 5) is 10.4. The average Bonchev–Trinajstić information content (AvgIpc) is 2.45. The molecule has 0 heterocycles. The van der Waals surface area contributed by atoms with Gasteiger partial charge in [0.05, 0.1) is 0 Å². The van der Waals surface area contributed by atoms with Crippen LogP contribution in [0.15, 0.2) is 53.0 Å². The molecule has 0 unspecified atom stereocenters. The number of aliphatic carboxylic acids is 1. The molecule has 1 N–H and O–H groups in total. The van der Waals surface area contributed by atoms with E-state index in [1.807, 2.05) is 18.2 Å². The fourth-order valence-corrected chi connectivity index (χ4v) is 2.37. The molecule has 0 aliphatic carbocycles. The molecule has 0 aliphatic rings. The van der Waals surface area contributed by atoms with Crippen LogP contribution < -0.4 is 4.74 Å². The maximum Gasteiger partial charge on any atom is 0.328 e. The third-order valence-corrected chi connectivity index (χ3v) is 3.55. The topological polar surface area (TPSA) is 46.5 Å². The van der Waals surface area contributed by atoms with Gasteiger partial charge < -0.3 is 9.84 Å². The van der Waals surface area contributed by atoms with Crippen molar-refractivity contribution >= 4 is 39.6 Å². The SMILES string of the molecule is O=C(O)/C=C/c1ccc(OCc2ccc(Br)cc2Cl)cc1. The highest BCUT2D eigenvalue weighted by molar-refractivity contribution is 9.10. The van der Waals surface area contributed by atoms with E-state index in [0.717, 1.165) is 21.7 Å². The third kappa shape index (κ3) is 4.92. The van der Waals surface area contributed by atoms with Gasteiger partial charge in [0.25, 0.3) is 0 Å². The van der Waals surface area contributed by atoms with Crippen molar-refractivity contribution in [2.45, 2.75) is 6.61 Å². The number of halogens is 2. The van der Waals surface area contributed by atoms with Crippen LogP contribution in [0.3, 0.4) is 0 Å². The molecular weight excluding hydrogens is 356 g/mol. The quantitative estimate of drug-likeness (QED) is 0.774. The molecule has 0 spiro atoms. The number of benzene rings is 2. The zero-order valence-corrected chi connectivity index (χ0v) is 13.3. The third-order valence-electron chi connectivity index (χ3n) is 2.71. The van der Waals surface area contributed by atoms with E-state index in [2.05, 4.69) is 15.9 Å². The fourth-order valence-electron chi connectivity index (χ4n) is 1.64. The highest BCUT2D eigenvalue weighted by Gasteiger charge is 2.02. The Labute approximate surface area is 135 Å². The summed E-state index contributed by atoms with van der Waals surface area (Å²) >= 11 is 9.47. The number of carboxylic acid groups (broad SMARTS) is 1. The van der Waals surface area contributed by atoms with Crippen molar-refractivity contribution in [2.24, 2.45) is 0 Å². The van der Waals surface area contributed by atoms with Gasteiger partial charge >= 0.3 is 5.97 Å². The zero-order valence-electron chi connectivity index (χ0n) is 10.9. The zero-order chi connectivity index (χ0) is 15.2. The summed E-state index contributed by atoms with van der Waals surface area (Å²) in [5, 5.41) is 9.20. The van der Waals surface area contributed by atoms with E-state index in [9.17, 15) is 4.79 Å². The molecule has 3 nitrogen and oxygen atoms in total. The fraction of sp³-hybridized carbons (Fsp3) is 0.0625. The predicted molar refractivity (Wildman–Crippen MR) is 86.6 cm³/mol. The van der Waals surface area contributed by atoms with Gasteiger partial charge in [-0.05, 0) is 35.9 Å². The summed E-state index contributed by atoms with van der Waals surface area (Å²) in [5.74, 6) is -0.276. The van der Waals surface area contributed by atoms with Gasteiger partial charge in [-0.1, -0.05) is 45.7 Å². The van der Waals surface area contributed by atoms with Crippen molar-refractivity contribution in [3.05, 3.63) is 69.2 Å². The monoisotopic (exact) mass is 366 g/mol. The average molecular weight is 368 g/mol. The van der Waals surface area contributed by atoms with Crippen LogP contribution in [-0.2, 0) is 11.4 Å². The Kier molecular flexibility index (Phi) is 5.42. The molecule has 2 aromatic carbocycles. The summed E-state index contributed by atoms with van der Waals surface area (Å²) in [6, 6.07) is 12.8. The number of hydrogen-bond donors (Lipinski definition) is 1. The normalized spacial score (nSPS) is 10.8. The maximum absolute atomic E-state index is 10.4. The Morgan fingerprint density at radius 2 is 1.95 bits per heavy atom. The molecule has 0 fully saturated rings. The lowest BCUT2D eigenvalue weighted by Crippen LogP contribution is -1.96. The highest BCUT2D eigenvalue weighted by Crippen LogP contribution is 2.23. The lowest BCUT2D eigenvalue weighted by Gasteiger charge is -2.08. The van der Waals surface area contributed by atoms with Crippen LogP contribution in [0.2, 0.25) is 5.02 Å². The lowest BCUT2D eigenvalue weighted by atomic mass is 10.2. The van der Waals surface area contributed by atoms with E-state index >= 15 is 0 Å². The number of hydrogen-bond acceptors (Lipinski definition) is 2. The molecule has 0 aromatic heterocycles. The minimum Gasteiger partial charge on any atom is -0.489 e. The van der Waals surface area contributed by atoms with Crippen LogP contribution in [0.25, 0.3) is 6.08 Å². The summed E-state index contributed by atoms with van der Waals surface area (Å²) in [7, 11) is 0. The Balaban J connectivity index is 1.99. The van der Waals surface area contributed by atoms with Crippen LogP contribution >= 0.6 is 27.5 Å². The molecule has 5 heteroatoms. The predicted octanol–water partition coefficient (Wildman–Crippen LogP) is 4.78. The number of carbonyl (C=O) groups is 1. The maximum atomic E-state index is 10.4. The van der Waals surface area contributed by atoms with Gasteiger partial charge in [-0.15, -0.1) is 0 Å². The van der Waals surface area contributed by atoms with E-state index in [1.165, 1.54) is 6.08 Å². The lowest BCUT2D eigenvalue weighted by molar-refractivity contribution is -0.131. The van der Waals surface area contributed by atoms with Crippen LogP contribution in [0, 0.1) is 0 Å². The van der Waals surface area contributed by atoms with E-state index in [1.54, 1.807) is 24.3 Å². The van der Waals surface area contributed by atoms with Crippen LogP contribution in [0.1, 0.15) is 11.1 Å². The molecule has 0 atom stereocenters. The highest BCUT2D eigenvalue weighted by atomic mass is 79.9. The Bertz CT molecular complexity index is 666. The number of rotatable bonds is 5. The first kappa shape index (κ1) is 15.6. The van der Waals surface area contributed by atoms with Gasteiger partial charge in [0.2, 0.25) is 0 Å². The van der Waals surface area contributed by atoms with Gasteiger partial charge in [0.15, 0.2) is 0 Å². The van der Waals surface area contributed by atoms with E-state index in [0.29, 0.717) is 17.4 Å². The van der Waals surface area contributed by atoms with Crippen molar-refractivity contribution in [1.82, 2.24) is 0 Å². The number of carboxylic acids is 1. The molecule has 0 radical (unpaired) electrons. The first-order valence-electron chi connectivity index (χ1n) is 6.12. The molecule has 0 saturated heterocycles. The van der Waals surface area contributed by atoms with Crippen molar-refractivity contribution in [3.63, 3.8) is 0 Å². The molecule has 0 bridgehead atoms. The second kappa shape index (κ2) is 7.29. The van der Waals surface area contributed by atoms with Crippen molar-refractivity contribution in [3.8, 4) is 5.75 Å². The Morgan fingerprint density at radius 1 is 1.24 bits per heavy atom. The Hall–Kier alpha value is -1.78. The van der Waals surface area contributed by atoms with Crippen molar-refractivity contribution < 1.29 is 14.6 Å². The Morgan fingerprint density at radius 3 is 2.57 bits per heavy atom. The van der Waals surface area contributed by atoms with Crippen LogP contribution in [0.4, 0.5) is 0 Å². The molecule has 21 heavy (non-hydrogen) atoms. The molecule has 2 rings (SSSR count). The summed E-state index contributed by atoms with van der Waals surface area (Å²) in [5.41, 5.74) is 1.70. The van der Waals surface area contributed by atoms with E-state index in [-0.39, 0.29) is 0 Å². The van der Waals surface area contributed by atoms with E-state index in [4.69, 9.17) is 21.4 Å². The number of ether oxygens (including phenoxy) is 1. The summed E-state index contributed by atoms with van der Waals surface area (Å²) in [6.45, 7) is 0.371. The molecule has 2 aromatic rings. The van der Waals surface area contributed by atoms with Crippen LogP contribution in [0.5, 0.6) is 5.75 Å². The minimum absolute atomic E-state index is 0.371. The molecule has 0 amide bonds. The second-order valence-corrected chi connectivity index (χ2v) is 5.59. The smallest absolute Gasteiger partial charge is 0.328 e. The van der Waals surface area contributed by atoms with Gasteiger partial charge in [-0.25, -0.2) is 4.79 Å². The van der Waals surface area contributed by atoms with Gasteiger partial charge in [-0.3, -0.25) is 0 Å². The first-order chi connectivity index (χ1) is 10.0. The van der Waals surface area contributed by atoms with Gasteiger partial charge in [0, 0.05) is 21.1 Å². The molecule has 0 saturated carbocycles. The van der Waals surface area contributed by atoms with E-state index < -0.39 is 5.97 Å². The first-order valence-corrected chi connectivity index (χ1v) is 7.29. The summed E-state index contributed by atoms with van der Waals surface area (Å²) in [6.07, 6.45) is 2.62. The van der Waals surface area contributed by atoms with Gasteiger partial charge in [-0.2, -0.15) is 0 Å². The molecular formula is C16H12BrClO3. The van der Waals surface area contributed by atoms with Crippen molar-refractivity contribution in [2.75, 3.05) is 0 Å².